The first-order valence-corrected chi connectivity index (χ1v) is 9.96. The summed E-state index contributed by atoms with van der Waals surface area (Å²) in [5, 5.41) is 4.78. The average Bonchev–Trinajstić information content (AvgIpc) is 2.83. The molecular weight excluding hydrogens is 361 g/mol. The summed E-state index contributed by atoms with van der Waals surface area (Å²) in [5.41, 5.74) is 2.48. The van der Waals surface area contributed by atoms with Crippen LogP contribution in [0.5, 0.6) is 0 Å². The van der Waals surface area contributed by atoms with Gasteiger partial charge in [0.15, 0.2) is 0 Å². The number of benzene rings is 1. The summed E-state index contributed by atoms with van der Waals surface area (Å²) in [4.78, 5) is 0.824. The van der Waals surface area contributed by atoms with Crippen molar-refractivity contribution < 1.29 is 8.94 Å². The topological polar surface area (TPSA) is 44.1 Å². The van der Waals surface area contributed by atoms with E-state index in [1.54, 1.807) is 16.8 Å². The fraction of sp³-hybridized carbons (Fsp3) is 0.500. The molecule has 0 amide bonds. The summed E-state index contributed by atoms with van der Waals surface area (Å²) in [6, 6.07) is 4.87. The van der Waals surface area contributed by atoms with Gasteiger partial charge in [-0.25, -0.2) is 4.39 Å². The highest BCUT2D eigenvalue weighted by atomic mass is 35.5. The Morgan fingerprint density at radius 3 is 2.56 bits per heavy atom. The number of rotatable bonds is 4. The molecule has 25 heavy (non-hydrogen) atoms. The molecule has 3 rings (SSSR count). The molecule has 0 bridgehead atoms. The molecule has 4 nitrogen and oxygen atoms in total. The first-order valence-electron chi connectivity index (χ1n) is 8.47. The molecule has 136 valence electrons. The number of aromatic nitrogens is 2. The van der Waals surface area contributed by atoms with Crippen LogP contribution >= 0.6 is 11.6 Å². The van der Waals surface area contributed by atoms with Crippen molar-refractivity contribution in [2.24, 2.45) is 13.0 Å². The SMILES string of the molecule is Cc1nn(C)c(C)c1[S+]([O-])N1CCC(Cc2ccc(Cl)cc2F)CC1. The summed E-state index contributed by atoms with van der Waals surface area (Å²) < 4.78 is 30.7. The summed E-state index contributed by atoms with van der Waals surface area (Å²) in [6.07, 6.45) is 2.52. The van der Waals surface area contributed by atoms with Crippen LogP contribution < -0.4 is 0 Å². The maximum Gasteiger partial charge on any atom is 0.217 e. The van der Waals surface area contributed by atoms with E-state index in [1.165, 1.54) is 6.07 Å². The van der Waals surface area contributed by atoms with Gasteiger partial charge in [0.25, 0.3) is 0 Å². The molecule has 7 heteroatoms. The minimum atomic E-state index is -1.18. The Balaban J connectivity index is 1.61. The predicted octanol–water partition coefficient (Wildman–Crippen LogP) is 3.81. The lowest BCUT2D eigenvalue weighted by Crippen LogP contribution is -2.39. The second kappa shape index (κ2) is 7.66. The third-order valence-corrected chi connectivity index (χ3v) is 6.96. The second-order valence-corrected chi connectivity index (χ2v) is 8.54. The molecule has 1 aliphatic rings. The fourth-order valence-electron chi connectivity index (χ4n) is 3.41. The van der Waals surface area contributed by atoms with E-state index in [0.29, 0.717) is 22.9 Å². The Labute approximate surface area is 156 Å². The summed E-state index contributed by atoms with van der Waals surface area (Å²) in [6.45, 7) is 5.35. The van der Waals surface area contributed by atoms with Gasteiger partial charge >= 0.3 is 0 Å². The standard InChI is InChI=1S/C18H23ClFN3OS/c1-12-18(13(2)22(3)21-12)25(24)23-8-6-14(7-9-23)10-15-4-5-16(19)11-17(15)20/h4-5,11,14H,6-10H2,1-3H3. The van der Waals surface area contributed by atoms with Crippen molar-refractivity contribution >= 4 is 23.0 Å². The van der Waals surface area contributed by atoms with E-state index in [4.69, 9.17) is 11.6 Å². The first-order chi connectivity index (χ1) is 11.9. The van der Waals surface area contributed by atoms with E-state index < -0.39 is 11.4 Å². The molecule has 1 aromatic heterocycles. The Morgan fingerprint density at radius 2 is 2.00 bits per heavy atom. The Morgan fingerprint density at radius 1 is 1.32 bits per heavy atom. The highest BCUT2D eigenvalue weighted by Gasteiger charge is 2.32. The Kier molecular flexibility index (Phi) is 5.73. The maximum absolute atomic E-state index is 14.0. The molecule has 1 atom stereocenters. The molecule has 1 fully saturated rings. The molecule has 0 N–H and O–H groups in total. The maximum atomic E-state index is 14.0. The van der Waals surface area contributed by atoms with Crippen molar-refractivity contribution in [1.29, 1.82) is 0 Å². The molecule has 0 aliphatic carbocycles. The third-order valence-electron chi connectivity index (χ3n) is 4.95. The summed E-state index contributed by atoms with van der Waals surface area (Å²) >= 11 is 4.63. The number of halogens is 2. The van der Waals surface area contributed by atoms with E-state index >= 15 is 0 Å². The van der Waals surface area contributed by atoms with Gasteiger partial charge in [0.05, 0.1) is 17.1 Å². The van der Waals surface area contributed by atoms with Crippen LogP contribution in [0, 0.1) is 25.6 Å². The lowest BCUT2D eigenvalue weighted by atomic mass is 9.91. The number of piperidine rings is 1. The van der Waals surface area contributed by atoms with Crippen LogP contribution in [0.25, 0.3) is 0 Å². The Bertz CT molecular complexity index is 759. The average molecular weight is 384 g/mol. The second-order valence-electron chi connectivity index (χ2n) is 6.68. The van der Waals surface area contributed by atoms with Gasteiger partial charge in [0.2, 0.25) is 4.90 Å². The van der Waals surface area contributed by atoms with E-state index in [9.17, 15) is 8.94 Å². The van der Waals surface area contributed by atoms with Gasteiger partial charge in [-0.05, 0) is 56.7 Å². The smallest absolute Gasteiger partial charge is 0.217 e. The largest absolute Gasteiger partial charge is 0.593 e. The van der Waals surface area contributed by atoms with E-state index in [2.05, 4.69) is 5.10 Å². The van der Waals surface area contributed by atoms with Gasteiger partial charge in [-0.2, -0.15) is 5.10 Å². The zero-order valence-corrected chi connectivity index (χ0v) is 16.3. The number of hydrogen-bond acceptors (Lipinski definition) is 3. The first kappa shape index (κ1) is 18.7. The zero-order valence-electron chi connectivity index (χ0n) is 14.8. The molecule has 0 radical (unpaired) electrons. The van der Waals surface area contributed by atoms with Gasteiger partial charge in [-0.15, -0.1) is 4.31 Å². The van der Waals surface area contributed by atoms with Crippen LogP contribution in [0.4, 0.5) is 4.39 Å². The van der Waals surface area contributed by atoms with Crippen molar-refractivity contribution in [2.75, 3.05) is 13.1 Å². The number of hydrogen-bond donors (Lipinski definition) is 0. The van der Waals surface area contributed by atoms with Crippen LogP contribution in [0.1, 0.15) is 29.8 Å². The predicted molar refractivity (Wildman–Crippen MR) is 98.5 cm³/mol. The van der Waals surface area contributed by atoms with Gasteiger partial charge in [-0.1, -0.05) is 17.7 Å². The molecule has 1 aliphatic heterocycles. The van der Waals surface area contributed by atoms with E-state index in [0.717, 1.165) is 42.2 Å². The van der Waals surface area contributed by atoms with Crippen LogP contribution in [-0.4, -0.2) is 31.7 Å². The summed E-state index contributed by atoms with van der Waals surface area (Å²) in [5.74, 6) is 0.167. The van der Waals surface area contributed by atoms with Gasteiger partial charge in [-0.3, -0.25) is 4.68 Å². The monoisotopic (exact) mass is 383 g/mol. The lowest BCUT2D eigenvalue weighted by Gasteiger charge is -2.31. The number of aryl methyl sites for hydroxylation is 2. The van der Waals surface area contributed by atoms with Crippen molar-refractivity contribution in [3.8, 4) is 0 Å². The van der Waals surface area contributed by atoms with Gasteiger partial charge < -0.3 is 4.55 Å². The van der Waals surface area contributed by atoms with Gasteiger partial charge in [0.1, 0.15) is 11.5 Å². The lowest BCUT2D eigenvalue weighted by molar-refractivity contribution is 0.271. The van der Waals surface area contributed by atoms with Gasteiger partial charge in [0, 0.05) is 25.2 Å². The molecular formula is C18H23ClFN3OS. The van der Waals surface area contributed by atoms with E-state index in [1.807, 2.05) is 25.2 Å². The highest BCUT2D eigenvalue weighted by molar-refractivity contribution is 7.89. The van der Waals surface area contributed by atoms with Crippen LogP contribution in [0.15, 0.2) is 23.1 Å². The van der Waals surface area contributed by atoms with Crippen molar-refractivity contribution in [2.45, 2.75) is 38.0 Å². The van der Waals surface area contributed by atoms with Crippen molar-refractivity contribution in [1.82, 2.24) is 14.1 Å². The van der Waals surface area contributed by atoms with Crippen LogP contribution in [-0.2, 0) is 24.8 Å². The van der Waals surface area contributed by atoms with Crippen molar-refractivity contribution in [3.05, 3.63) is 46.0 Å². The molecule has 2 aromatic rings. The van der Waals surface area contributed by atoms with E-state index in [-0.39, 0.29) is 5.82 Å². The molecule has 0 spiro atoms. The minimum absolute atomic E-state index is 0.236. The normalized spacial score (nSPS) is 17.8. The van der Waals surface area contributed by atoms with Crippen LogP contribution in [0.3, 0.4) is 0 Å². The highest BCUT2D eigenvalue weighted by Crippen LogP contribution is 2.29. The molecule has 1 aromatic carbocycles. The fourth-order valence-corrected chi connectivity index (χ4v) is 5.05. The van der Waals surface area contributed by atoms with Crippen LogP contribution in [0.2, 0.25) is 5.02 Å². The number of nitrogens with zero attached hydrogens (tertiary/aromatic N) is 3. The minimum Gasteiger partial charge on any atom is -0.593 e. The zero-order chi connectivity index (χ0) is 18.1. The Hall–Kier alpha value is -1.08. The summed E-state index contributed by atoms with van der Waals surface area (Å²) in [7, 11) is 1.87. The molecule has 0 saturated carbocycles. The molecule has 1 saturated heterocycles. The molecule has 2 heterocycles. The molecule has 1 unspecified atom stereocenters. The third kappa shape index (κ3) is 4.03. The quantitative estimate of drug-likeness (QED) is 0.754. The van der Waals surface area contributed by atoms with Crippen molar-refractivity contribution in [3.63, 3.8) is 0 Å².